The van der Waals surface area contributed by atoms with Crippen LogP contribution >= 0.6 is 0 Å². The lowest BCUT2D eigenvalue weighted by atomic mass is 9.68. The molecule has 0 bridgehead atoms. The molecule has 1 aromatic heterocycles. The molecule has 3 heterocycles. The van der Waals surface area contributed by atoms with Crippen molar-refractivity contribution < 1.29 is 32.9 Å². The molecule has 35 heavy (non-hydrogen) atoms. The fraction of sp³-hybridized carbons (Fsp3) is 0.667. The molecule has 2 aliphatic carbocycles. The number of hydrogen-bond acceptors (Lipinski definition) is 5. The van der Waals surface area contributed by atoms with E-state index >= 15 is 0 Å². The van der Waals surface area contributed by atoms with Crippen molar-refractivity contribution in [1.82, 2.24) is 4.98 Å². The van der Waals surface area contributed by atoms with Crippen LogP contribution in [0.1, 0.15) is 106 Å². The minimum atomic E-state index is -4.38. The molecule has 192 valence electrons. The molecule has 0 aromatic carbocycles. The summed E-state index contributed by atoms with van der Waals surface area (Å²) in [4.78, 5) is 4.95. The number of halogens is 3. The summed E-state index contributed by atoms with van der Waals surface area (Å²) in [6.45, 7) is 8.88. The number of hydrogen-bond donors (Lipinski definition) is 2. The quantitative estimate of drug-likeness (QED) is 0.541. The van der Waals surface area contributed by atoms with E-state index in [9.17, 15) is 23.4 Å². The average molecular weight is 494 g/mol. The summed E-state index contributed by atoms with van der Waals surface area (Å²) in [6, 6.07) is 0. The molecular formula is C27H34F3NO4. The van der Waals surface area contributed by atoms with Crippen LogP contribution in [0.5, 0.6) is 0 Å². The molecule has 2 aliphatic heterocycles. The van der Waals surface area contributed by atoms with Crippen molar-refractivity contribution in [1.29, 1.82) is 0 Å². The number of fused-ring (bicyclic) bond motifs is 4. The van der Waals surface area contributed by atoms with Crippen LogP contribution in [-0.2, 0) is 15.1 Å². The predicted molar refractivity (Wildman–Crippen MR) is 124 cm³/mol. The Hall–Kier alpha value is -1.74. The smallest absolute Gasteiger partial charge is 0.388 e. The number of rotatable bonds is 2. The molecule has 1 saturated heterocycles. The van der Waals surface area contributed by atoms with Gasteiger partial charge in [-0.25, -0.2) is 0 Å². The fourth-order valence-electron chi connectivity index (χ4n) is 6.30. The van der Waals surface area contributed by atoms with Crippen LogP contribution in [0.4, 0.5) is 13.2 Å². The third-order valence-electron chi connectivity index (χ3n) is 8.17. The maximum Gasteiger partial charge on any atom is 0.416 e. The number of aliphatic hydroxyl groups excluding tert-OH is 2. The van der Waals surface area contributed by atoms with Crippen LogP contribution < -0.4 is 0 Å². The summed E-state index contributed by atoms with van der Waals surface area (Å²) in [5.74, 6) is -0.292. The normalized spacial score (nSPS) is 31.4. The molecular weight excluding hydrogens is 459 g/mol. The van der Waals surface area contributed by atoms with E-state index in [2.05, 4.69) is 0 Å². The molecule has 3 unspecified atom stereocenters. The second-order valence-electron chi connectivity index (χ2n) is 11.4. The largest absolute Gasteiger partial charge is 0.416 e. The summed E-state index contributed by atoms with van der Waals surface area (Å²) in [6.07, 6.45) is -0.782. The summed E-state index contributed by atoms with van der Waals surface area (Å²) < 4.78 is 52.2. The molecule has 0 saturated carbocycles. The van der Waals surface area contributed by atoms with Gasteiger partial charge in [0, 0.05) is 48.8 Å². The highest BCUT2D eigenvalue weighted by Crippen LogP contribution is 2.60. The number of ether oxygens (including phenoxy) is 2. The van der Waals surface area contributed by atoms with Crippen LogP contribution in [0.25, 0.3) is 0 Å². The van der Waals surface area contributed by atoms with E-state index in [1.165, 1.54) is 6.08 Å². The Kier molecular flexibility index (Phi) is 5.98. The van der Waals surface area contributed by atoms with Crippen molar-refractivity contribution in [2.75, 3.05) is 13.2 Å². The summed E-state index contributed by atoms with van der Waals surface area (Å²) in [5, 5.41) is 22.6. The van der Waals surface area contributed by atoms with Gasteiger partial charge in [0.15, 0.2) is 0 Å². The van der Waals surface area contributed by atoms with Crippen LogP contribution in [0, 0.1) is 11.3 Å². The first-order valence-corrected chi connectivity index (χ1v) is 12.5. The minimum Gasteiger partial charge on any atom is -0.388 e. The molecule has 1 spiro atoms. The summed E-state index contributed by atoms with van der Waals surface area (Å²) in [5.41, 5.74) is 1.80. The number of aromatic nitrogens is 1. The molecule has 8 heteroatoms. The third-order valence-corrected chi connectivity index (χ3v) is 8.17. The molecule has 4 atom stereocenters. The molecule has 5 rings (SSSR count). The number of nitrogens with zero attached hydrogens (tertiary/aromatic N) is 1. The Balaban J connectivity index is 1.70. The third kappa shape index (κ3) is 3.97. The van der Waals surface area contributed by atoms with Gasteiger partial charge < -0.3 is 19.7 Å². The monoisotopic (exact) mass is 493 g/mol. The molecule has 0 amide bonds. The fourth-order valence-corrected chi connectivity index (χ4v) is 6.30. The van der Waals surface area contributed by atoms with E-state index < -0.39 is 41.1 Å². The standard InChI is InChI=1S/C27H34F3NO4/c1-14(2)21-19-20(18-17(32)13-25(3,4)24(33)22(18)31-21)26(9-11-34-12-10-26)35-23(19)15-5-7-16(8-6-15)27(28,29)30/h5,7-8,14-15,17,23-24,32-33H,6,9-13H2,1-4H3/t15?,17?,23?,24-/m0/s1. The van der Waals surface area contributed by atoms with Crippen molar-refractivity contribution in [2.24, 2.45) is 11.3 Å². The van der Waals surface area contributed by atoms with Crippen molar-refractivity contribution in [2.45, 2.75) is 89.4 Å². The van der Waals surface area contributed by atoms with Crippen LogP contribution in [-0.4, -0.2) is 34.6 Å². The van der Waals surface area contributed by atoms with Crippen LogP contribution in [0.3, 0.4) is 0 Å². The lowest BCUT2D eigenvalue weighted by Gasteiger charge is -2.42. The Morgan fingerprint density at radius 2 is 1.80 bits per heavy atom. The summed E-state index contributed by atoms with van der Waals surface area (Å²) >= 11 is 0. The number of alkyl halides is 3. The van der Waals surface area contributed by atoms with E-state index in [1.807, 2.05) is 27.7 Å². The molecule has 1 fully saturated rings. The highest BCUT2D eigenvalue weighted by atomic mass is 19.4. The first-order chi connectivity index (χ1) is 16.4. The maximum absolute atomic E-state index is 13.2. The number of aliphatic hydroxyl groups is 2. The number of allylic oxidation sites excluding steroid dienone is 3. The van der Waals surface area contributed by atoms with Crippen LogP contribution in [0.15, 0.2) is 23.8 Å². The van der Waals surface area contributed by atoms with Crippen molar-refractivity contribution in [3.63, 3.8) is 0 Å². The average Bonchev–Trinajstić information content (AvgIpc) is 3.10. The zero-order valence-corrected chi connectivity index (χ0v) is 20.7. The van der Waals surface area contributed by atoms with Crippen molar-refractivity contribution in [3.05, 3.63) is 51.9 Å². The SMILES string of the molecule is CC(C)c1nc2c(c3c1C(C1C=CC(C(F)(F)F)=CC1)OC31CCOCC1)C(O)CC(C)(C)[C@H]2O. The van der Waals surface area contributed by atoms with Gasteiger partial charge in [0.25, 0.3) is 0 Å². The van der Waals surface area contributed by atoms with Gasteiger partial charge in [0.2, 0.25) is 0 Å². The summed E-state index contributed by atoms with van der Waals surface area (Å²) in [7, 11) is 0. The molecule has 4 aliphatic rings. The van der Waals surface area contributed by atoms with Gasteiger partial charge in [0.05, 0.1) is 29.1 Å². The minimum absolute atomic E-state index is 0.00151. The zero-order valence-electron chi connectivity index (χ0n) is 20.7. The van der Waals surface area contributed by atoms with Gasteiger partial charge in [0.1, 0.15) is 6.10 Å². The lowest BCUT2D eigenvalue weighted by Crippen LogP contribution is -2.38. The first-order valence-electron chi connectivity index (χ1n) is 12.5. The van der Waals surface area contributed by atoms with Gasteiger partial charge in [-0.05, 0) is 29.7 Å². The molecule has 5 nitrogen and oxygen atoms in total. The van der Waals surface area contributed by atoms with E-state index in [0.717, 1.165) is 22.9 Å². The van der Waals surface area contributed by atoms with Gasteiger partial charge in [-0.1, -0.05) is 45.9 Å². The Morgan fingerprint density at radius 3 is 2.37 bits per heavy atom. The Labute approximate surface area is 204 Å². The van der Waals surface area contributed by atoms with E-state index in [-0.39, 0.29) is 18.3 Å². The Morgan fingerprint density at radius 1 is 1.11 bits per heavy atom. The maximum atomic E-state index is 13.2. The zero-order chi connectivity index (χ0) is 25.3. The van der Waals surface area contributed by atoms with Gasteiger partial charge in [-0.2, -0.15) is 13.2 Å². The van der Waals surface area contributed by atoms with Crippen molar-refractivity contribution >= 4 is 0 Å². The van der Waals surface area contributed by atoms with E-state index in [4.69, 9.17) is 14.5 Å². The van der Waals surface area contributed by atoms with Gasteiger partial charge >= 0.3 is 6.18 Å². The highest BCUT2D eigenvalue weighted by Gasteiger charge is 2.54. The first kappa shape index (κ1) is 24.9. The second-order valence-corrected chi connectivity index (χ2v) is 11.4. The van der Waals surface area contributed by atoms with E-state index in [0.29, 0.717) is 43.7 Å². The second kappa shape index (κ2) is 8.40. The topological polar surface area (TPSA) is 71.8 Å². The molecule has 1 aromatic rings. The molecule has 0 radical (unpaired) electrons. The van der Waals surface area contributed by atoms with Crippen LogP contribution in [0.2, 0.25) is 0 Å². The van der Waals surface area contributed by atoms with Gasteiger partial charge in [-0.3, -0.25) is 4.98 Å². The van der Waals surface area contributed by atoms with Gasteiger partial charge in [-0.15, -0.1) is 0 Å². The highest BCUT2D eigenvalue weighted by molar-refractivity contribution is 5.53. The Bertz CT molecular complexity index is 1070. The predicted octanol–water partition coefficient (Wildman–Crippen LogP) is 5.84. The van der Waals surface area contributed by atoms with Crippen molar-refractivity contribution in [3.8, 4) is 0 Å². The lowest BCUT2D eigenvalue weighted by molar-refractivity contribution is -0.142. The number of pyridine rings is 1. The molecule has 2 N–H and O–H groups in total. The van der Waals surface area contributed by atoms with E-state index in [1.54, 1.807) is 6.08 Å².